The van der Waals surface area contributed by atoms with Crippen LogP contribution in [0.4, 0.5) is 0 Å². The number of hydrogen-bond donors (Lipinski definition) is 3. The van der Waals surface area contributed by atoms with Crippen molar-refractivity contribution < 1.29 is 80.2 Å². The summed E-state index contributed by atoms with van der Waals surface area (Å²) in [7, 11) is -9.86. The molecule has 0 saturated heterocycles. The van der Waals surface area contributed by atoms with E-state index in [0.717, 1.165) is 116 Å². The number of esters is 4. The number of hydrogen-bond acceptors (Lipinski definition) is 15. The zero-order valence-corrected chi connectivity index (χ0v) is 50.0. The van der Waals surface area contributed by atoms with Crippen LogP contribution in [-0.4, -0.2) is 96.7 Å². The summed E-state index contributed by atoms with van der Waals surface area (Å²) in [5.74, 6) is -2.15. The van der Waals surface area contributed by atoms with Gasteiger partial charge in [0.1, 0.15) is 19.3 Å². The lowest BCUT2D eigenvalue weighted by Crippen LogP contribution is -2.30. The molecule has 2 unspecified atom stereocenters. The molecule has 0 aromatic rings. The summed E-state index contributed by atoms with van der Waals surface area (Å²) in [4.78, 5) is 71.6. The average molecular weight is 1130 g/mol. The lowest BCUT2D eigenvalue weighted by atomic mass is 10.0. The maximum atomic E-state index is 12.9. The molecule has 0 aromatic heterocycles. The Morgan fingerprint density at radius 2 is 0.526 bits per heavy atom. The molecule has 5 atom stereocenters. The predicted molar refractivity (Wildman–Crippen MR) is 299 cm³/mol. The van der Waals surface area contributed by atoms with Crippen LogP contribution >= 0.6 is 15.6 Å². The van der Waals surface area contributed by atoms with E-state index >= 15 is 0 Å². The Hall–Kier alpha value is -1.94. The molecule has 0 aromatic carbocycles. The van der Waals surface area contributed by atoms with Gasteiger partial charge in [-0.1, -0.05) is 233 Å². The summed E-state index contributed by atoms with van der Waals surface area (Å²) in [6, 6.07) is 0. The second kappa shape index (κ2) is 52.4. The molecular formula is C57H110O17P2. The molecule has 76 heavy (non-hydrogen) atoms. The zero-order chi connectivity index (χ0) is 56.2. The first kappa shape index (κ1) is 74.1. The third-order valence-corrected chi connectivity index (χ3v) is 15.0. The minimum atomic E-state index is -4.93. The number of aliphatic hydroxyl groups is 1. The van der Waals surface area contributed by atoms with E-state index in [9.17, 15) is 43.2 Å². The molecular weight excluding hydrogens is 1020 g/mol. The van der Waals surface area contributed by atoms with Gasteiger partial charge in [-0.2, -0.15) is 0 Å². The topological polar surface area (TPSA) is 237 Å². The van der Waals surface area contributed by atoms with Crippen molar-refractivity contribution in [1.29, 1.82) is 0 Å². The molecule has 0 rings (SSSR count). The second-order valence-electron chi connectivity index (χ2n) is 20.7. The van der Waals surface area contributed by atoms with E-state index in [0.29, 0.717) is 25.7 Å². The smallest absolute Gasteiger partial charge is 0.462 e. The molecule has 0 aliphatic rings. The fraction of sp³-hybridized carbons (Fsp3) is 0.930. The van der Waals surface area contributed by atoms with Gasteiger partial charge in [-0.3, -0.25) is 37.3 Å². The summed E-state index contributed by atoms with van der Waals surface area (Å²) >= 11 is 0. The lowest BCUT2D eigenvalue weighted by Gasteiger charge is -2.21. The van der Waals surface area contributed by atoms with Crippen LogP contribution in [0.5, 0.6) is 0 Å². The van der Waals surface area contributed by atoms with Crippen LogP contribution in [0.25, 0.3) is 0 Å². The van der Waals surface area contributed by atoms with E-state index in [1.807, 2.05) is 0 Å². The van der Waals surface area contributed by atoms with Gasteiger partial charge in [0.05, 0.1) is 26.4 Å². The molecule has 0 bridgehead atoms. The van der Waals surface area contributed by atoms with Gasteiger partial charge in [0.25, 0.3) is 0 Å². The summed E-state index contributed by atoms with van der Waals surface area (Å²) < 4.78 is 67.5. The summed E-state index contributed by atoms with van der Waals surface area (Å²) in [5, 5.41) is 10.5. The Morgan fingerprint density at radius 3 is 0.776 bits per heavy atom. The van der Waals surface area contributed by atoms with Crippen LogP contribution in [0.1, 0.15) is 285 Å². The van der Waals surface area contributed by atoms with Gasteiger partial charge >= 0.3 is 39.5 Å². The highest BCUT2D eigenvalue weighted by molar-refractivity contribution is 7.47. The highest BCUT2D eigenvalue weighted by Gasteiger charge is 2.30. The van der Waals surface area contributed by atoms with Crippen LogP contribution in [0, 0.1) is 0 Å². The van der Waals surface area contributed by atoms with E-state index in [2.05, 4.69) is 27.7 Å². The van der Waals surface area contributed by atoms with Crippen LogP contribution in [0.3, 0.4) is 0 Å². The average Bonchev–Trinajstić information content (AvgIpc) is 3.39. The molecule has 19 heteroatoms. The highest BCUT2D eigenvalue weighted by atomic mass is 31.2. The fourth-order valence-corrected chi connectivity index (χ4v) is 9.98. The summed E-state index contributed by atoms with van der Waals surface area (Å²) in [6.07, 6.45) is 35.0. The largest absolute Gasteiger partial charge is 0.472 e. The SMILES string of the molecule is CCCCCCCCCCCCCCC(=O)O[C@H](COC(=O)CCCCCCCCCCCC)COP(=O)(O)OC[C@@H](O)COP(=O)(O)OC[C@@H](COC(=O)CCCCCCCCC)OC(=O)CCCCCCCCC. The number of rotatable bonds is 58. The molecule has 0 amide bonds. The van der Waals surface area contributed by atoms with Crippen molar-refractivity contribution in [3.8, 4) is 0 Å². The molecule has 0 fully saturated rings. The number of phosphoric acid groups is 2. The number of unbranched alkanes of at least 4 members (excludes halogenated alkanes) is 32. The molecule has 17 nitrogen and oxygen atoms in total. The van der Waals surface area contributed by atoms with Crippen molar-refractivity contribution in [2.24, 2.45) is 0 Å². The van der Waals surface area contributed by atoms with Crippen molar-refractivity contribution in [1.82, 2.24) is 0 Å². The van der Waals surface area contributed by atoms with Gasteiger partial charge in [0.15, 0.2) is 12.2 Å². The summed E-state index contributed by atoms with van der Waals surface area (Å²) in [6.45, 7) is 4.75. The van der Waals surface area contributed by atoms with Gasteiger partial charge in [0.2, 0.25) is 0 Å². The monoisotopic (exact) mass is 1130 g/mol. The lowest BCUT2D eigenvalue weighted by molar-refractivity contribution is -0.161. The van der Waals surface area contributed by atoms with Gasteiger partial charge < -0.3 is 33.8 Å². The quantitative estimate of drug-likeness (QED) is 0.0222. The predicted octanol–water partition coefficient (Wildman–Crippen LogP) is 15.2. The van der Waals surface area contributed by atoms with Gasteiger partial charge in [-0.05, 0) is 25.7 Å². The number of carbonyl (C=O) groups excluding carboxylic acids is 4. The van der Waals surface area contributed by atoms with Crippen molar-refractivity contribution in [3.63, 3.8) is 0 Å². The number of ether oxygens (including phenoxy) is 4. The standard InChI is InChI=1S/C57H110O17P2/c1-5-9-13-17-21-23-25-26-28-32-36-40-44-57(62)74-53(48-68-55(60)42-38-34-31-27-24-22-18-14-10-6-2)50-72-76(65,66)70-46-51(58)45-69-75(63,64)71-49-52(73-56(61)43-39-35-30-20-16-12-8-4)47-67-54(59)41-37-33-29-19-15-11-7-3/h51-53,58H,5-50H2,1-4H3,(H,63,64)(H,65,66)/t51-,52+,53+/m0/s1. The Kier molecular flexibility index (Phi) is 51.1. The minimum absolute atomic E-state index is 0.104. The molecule has 0 heterocycles. The van der Waals surface area contributed by atoms with Crippen LogP contribution < -0.4 is 0 Å². The van der Waals surface area contributed by atoms with Gasteiger partial charge in [-0.25, -0.2) is 9.13 Å². The van der Waals surface area contributed by atoms with E-state index in [-0.39, 0.29) is 25.7 Å². The second-order valence-corrected chi connectivity index (χ2v) is 23.6. The highest BCUT2D eigenvalue weighted by Crippen LogP contribution is 2.45. The number of aliphatic hydroxyl groups excluding tert-OH is 1. The Labute approximate surface area is 460 Å². The van der Waals surface area contributed by atoms with E-state index < -0.39 is 97.5 Å². The molecule has 0 saturated carbocycles. The van der Waals surface area contributed by atoms with Crippen LogP contribution in [0.15, 0.2) is 0 Å². The minimum Gasteiger partial charge on any atom is -0.462 e. The zero-order valence-electron chi connectivity index (χ0n) is 48.2. The molecule has 450 valence electrons. The maximum absolute atomic E-state index is 12.9. The van der Waals surface area contributed by atoms with Crippen molar-refractivity contribution >= 4 is 39.5 Å². The molecule has 0 spiro atoms. The normalized spacial score (nSPS) is 14.4. The third-order valence-electron chi connectivity index (χ3n) is 13.1. The van der Waals surface area contributed by atoms with E-state index in [1.54, 1.807) is 0 Å². The van der Waals surface area contributed by atoms with Crippen molar-refractivity contribution in [2.45, 2.75) is 303 Å². The molecule has 0 radical (unpaired) electrons. The van der Waals surface area contributed by atoms with E-state index in [4.69, 9.17) is 37.0 Å². The number of carbonyl (C=O) groups is 4. The van der Waals surface area contributed by atoms with Crippen LogP contribution in [0.2, 0.25) is 0 Å². The van der Waals surface area contributed by atoms with Crippen molar-refractivity contribution in [2.75, 3.05) is 39.6 Å². The van der Waals surface area contributed by atoms with Crippen LogP contribution in [-0.2, 0) is 65.4 Å². The summed E-state index contributed by atoms with van der Waals surface area (Å²) in [5.41, 5.74) is 0. The fourth-order valence-electron chi connectivity index (χ4n) is 8.40. The first-order valence-electron chi connectivity index (χ1n) is 30.3. The molecule has 0 aliphatic heterocycles. The molecule has 3 N–H and O–H groups in total. The van der Waals surface area contributed by atoms with Gasteiger partial charge in [0, 0.05) is 25.7 Å². The third kappa shape index (κ3) is 51.5. The Bertz CT molecular complexity index is 1490. The number of phosphoric ester groups is 2. The van der Waals surface area contributed by atoms with E-state index in [1.165, 1.54) is 89.9 Å². The Morgan fingerprint density at radius 1 is 0.316 bits per heavy atom. The maximum Gasteiger partial charge on any atom is 0.472 e. The van der Waals surface area contributed by atoms with Crippen molar-refractivity contribution in [3.05, 3.63) is 0 Å². The van der Waals surface area contributed by atoms with Gasteiger partial charge in [-0.15, -0.1) is 0 Å². The molecule has 0 aliphatic carbocycles. The first-order valence-corrected chi connectivity index (χ1v) is 33.3. The Balaban J connectivity index is 5.19. The first-order chi connectivity index (χ1) is 36.7.